The number of amides is 1. The van der Waals surface area contributed by atoms with Crippen molar-refractivity contribution >= 4 is 17.3 Å². The maximum Gasteiger partial charge on any atom is 0.255 e. The van der Waals surface area contributed by atoms with Gasteiger partial charge >= 0.3 is 0 Å². The molecule has 0 aliphatic rings. The van der Waals surface area contributed by atoms with Crippen molar-refractivity contribution in [1.82, 2.24) is 0 Å². The van der Waals surface area contributed by atoms with Gasteiger partial charge in [0, 0.05) is 11.6 Å². The molecule has 2 aromatic rings. The fraction of sp³-hybridized carbons (Fsp3) is 0.133. The number of phenols is 1. The van der Waals surface area contributed by atoms with Gasteiger partial charge in [0.1, 0.15) is 5.75 Å². The summed E-state index contributed by atoms with van der Waals surface area (Å²) in [6.45, 7) is 2.00. The van der Waals surface area contributed by atoms with Gasteiger partial charge in [0.05, 0.1) is 11.4 Å². The Bertz CT molecular complexity index is 609. The van der Waals surface area contributed by atoms with Crippen LogP contribution >= 0.6 is 0 Å². The van der Waals surface area contributed by atoms with E-state index < -0.39 is 0 Å². The maximum absolute atomic E-state index is 12.2. The van der Waals surface area contributed by atoms with E-state index in [-0.39, 0.29) is 11.7 Å². The van der Waals surface area contributed by atoms with Gasteiger partial charge in [-0.3, -0.25) is 4.79 Å². The number of anilines is 2. The molecule has 0 heterocycles. The molecule has 0 aliphatic heterocycles. The summed E-state index contributed by atoms with van der Waals surface area (Å²) >= 11 is 0. The fourth-order valence-electron chi connectivity index (χ4n) is 1.90. The largest absolute Gasteiger partial charge is 0.508 e. The molecule has 2 aromatic carbocycles. The highest BCUT2D eigenvalue weighted by Crippen LogP contribution is 2.24. The standard InChI is InChI=1S/C15H16N2O2/c1-2-10-5-3-4-6-12(10)15(19)17-14-8-7-11(18)9-13(14)16/h3-9,18H,2,16H2,1H3,(H,17,19). The molecule has 0 saturated carbocycles. The molecule has 19 heavy (non-hydrogen) atoms. The number of benzene rings is 2. The third kappa shape index (κ3) is 2.85. The summed E-state index contributed by atoms with van der Waals surface area (Å²) in [7, 11) is 0. The van der Waals surface area contributed by atoms with Crippen LogP contribution in [0.25, 0.3) is 0 Å². The maximum atomic E-state index is 12.2. The molecule has 0 radical (unpaired) electrons. The van der Waals surface area contributed by atoms with Crippen LogP contribution in [0.2, 0.25) is 0 Å². The van der Waals surface area contributed by atoms with Crippen LogP contribution in [0.5, 0.6) is 5.75 Å². The Balaban J connectivity index is 2.26. The minimum absolute atomic E-state index is 0.0736. The van der Waals surface area contributed by atoms with Crippen molar-refractivity contribution in [3.8, 4) is 5.75 Å². The van der Waals surface area contributed by atoms with Crippen LogP contribution in [-0.4, -0.2) is 11.0 Å². The summed E-state index contributed by atoms with van der Waals surface area (Å²) in [4.78, 5) is 12.2. The molecule has 4 nitrogen and oxygen atoms in total. The van der Waals surface area contributed by atoms with Gasteiger partial charge in [-0.1, -0.05) is 25.1 Å². The number of aryl methyl sites for hydroxylation is 1. The summed E-state index contributed by atoms with van der Waals surface area (Å²) in [5.74, 6) is -0.126. The molecule has 0 aromatic heterocycles. The quantitative estimate of drug-likeness (QED) is 0.584. The Kier molecular flexibility index (Phi) is 3.71. The van der Waals surface area contributed by atoms with E-state index in [1.54, 1.807) is 12.1 Å². The van der Waals surface area contributed by atoms with Gasteiger partial charge in [0.2, 0.25) is 0 Å². The van der Waals surface area contributed by atoms with E-state index in [0.29, 0.717) is 16.9 Å². The summed E-state index contributed by atoms with van der Waals surface area (Å²) in [5, 5.41) is 12.0. The number of carbonyl (C=O) groups is 1. The van der Waals surface area contributed by atoms with Crippen LogP contribution in [0.4, 0.5) is 11.4 Å². The Hall–Kier alpha value is -2.49. The van der Waals surface area contributed by atoms with Gasteiger partial charge in [-0.15, -0.1) is 0 Å². The number of aromatic hydroxyl groups is 1. The first-order valence-electron chi connectivity index (χ1n) is 6.09. The Morgan fingerprint density at radius 1 is 1.26 bits per heavy atom. The molecule has 0 saturated heterocycles. The van der Waals surface area contributed by atoms with Gasteiger partial charge in [0.25, 0.3) is 5.91 Å². The van der Waals surface area contributed by atoms with Crippen molar-refractivity contribution in [2.75, 3.05) is 11.1 Å². The Morgan fingerprint density at radius 2 is 2.00 bits per heavy atom. The van der Waals surface area contributed by atoms with Gasteiger partial charge in [-0.05, 0) is 30.2 Å². The molecular formula is C15H16N2O2. The second kappa shape index (κ2) is 5.44. The predicted molar refractivity (Wildman–Crippen MR) is 76.3 cm³/mol. The van der Waals surface area contributed by atoms with E-state index in [1.807, 2.05) is 25.1 Å². The van der Waals surface area contributed by atoms with Crippen molar-refractivity contribution in [3.63, 3.8) is 0 Å². The molecule has 4 heteroatoms. The number of nitrogen functional groups attached to an aromatic ring is 1. The average molecular weight is 256 g/mol. The lowest BCUT2D eigenvalue weighted by Gasteiger charge is -2.10. The molecule has 0 bridgehead atoms. The molecule has 0 aliphatic carbocycles. The van der Waals surface area contributed by atoms with Crippen LogP contribution in [0, 0.1) is 0 Å². The zero-order valence-electron chi connectivity index (χ0n) is 10.7. The molecule has 2 rings (SSSR count). The minimum Gasteiger partial charge on any atom is -0.508 e. The lowest BCUT2D eigenvalue weighted by molar-refractivity contribution is 0.102. The van der Waals surface area contributed by atoms with E-state index >= 15 is 0 Å². The Morgan fingerprint density at radius 3 is 2.68 bits per heavy atom. The van der Waals surface area contributed by atoms with E-state index in [9.17, 15) is 9.90 Å². The number of phenolic OH excluding ortho intramolecular Hbond substituents is 1. The lowest BCUT2D eigenvalue weighted by atomic mass is 10.0. The number of carbonyl (C=O) groups excluding carboxylic acids is 1. The van der Waals surface area contributed by atoms with Crippen molar-refractivity contribution in [2.45, 2.75) is 13.3 Å². The van der Waals surface area contributed by atoms with Gasteiger partial charge < -0.3 is 16.2 Å². The zero-order chi connectivity index (χ0) is 13.8. The minimum atomic E-state index is -0.199. The summed E-state index contributed by atoms with van der Waals surface area (Å²) in [5.41, 5.74) is 8.19. The van der Waals surface area contributed by atoms with E-state index in [1.165, 1.54) is 12.1 Å². The molecule has 1 amide bonds. The summed E-state index contributed by atoms with van der Waals surface area (Å²) < 4.78 is 0. The van der Waals surface area contributed by atoms with E-state index in [0.717, 1.165) is 12.0 Å². The molecule has 0 fully saturated rings. The van der Waals surface area contributed by atoms with E-state index in [2.05, 4.69) is 5.32 Å². The second-order valence-corrected chi connectivity index (χ2v) is 4.24. The first-order valence-corrected chi connectivity index (χ1v) is 6.09. The number of rotatable bonds is 3. The van der Waals surface area contributed by atoms with Crippen LogP contribution in [-0.2, 0) is 6.42 Å². The highest BCUT2D eigenvalue weighted by atomic mass is 16.3. The molecular weight excluding hydrogens is 240 g/mol. The fourth-order valence-corrected chi connectivity index (χ4v) is 1.90. The molecule has 0 spiro atoms. The zero-order valence-corrected chi connectivity index (χ0v) is 10.7. The number of hydrogen-bond acceptors (Lipinski definition) is 3. The predicted octanol–water partition coefficient (Wildman–Crippen LogP) is 2.79. The van der Waals surface area contributed by atoms with Crippen molar-refractivity contribution < 1.29 is 9.90 Å². The van der Waals surface area contributed by atoms with Crippen LogP contribution < -0.4 is 11.1 Å². The summed E-state index contributed by atoms with van der Waals surface area (Å²) in [6.07, 6.45) is 0.786. The lowest BCUT2D eigenvalue weighted by Crippen LogP contribution is -2.15. The molecule has 0 unspecified atom stereocenters. The number of hydrogen-bond donors (Lipinski definition) is 3. The van der Waals surface area contributed by atoms with Crippen LogP contribution in [0.1, 0.15) is 22.8 Å². The smallest absolute Gasteiger partial charge is 0.255 e. The third-order valence-corrected chi connectivity index (χ3v) is 2.93. The third-order valence-electron chi connectivity index (χ3n) is 2.93. The van der Waals surface area contributed by atoms with Crippen molar-refractivity contribution in [2.24, 2.45) is 0 Å². The van der Waals surface area contributed by atoms with E-state index in [4.69, 9.17) is 5.73 Å². The number of nitrogens with one attached hydrogen (secondary N) is 1. The highest BCUT2D eigenvalue weighted by molar-refractivity contribution is 6.06. The normalized spacial score (nSPS) is 10.2. The first kappa shape index (κ1) is 13.0. The van der Waals surface area contributed by atoms with Gasteiger partial charge in [-0.2, -0.15) is 0 Å². The van der Waals surface area contributed by atoms with Crippen molar-refractivity contribution in [3.05, 3.63) is 53.6 Å². The molecule has 4 N–H and O–H groups in total. The SMILES string of the molecule is CCc1ccccc1C(=O)Nc1ccc(O)cc1N. The second-order valence-electron chi connectivity index (χ2n) is 4.24. The van der Waals surface area contributed by atoms with Crippen LogP contribution in [0.3, 0.4) is 0 Å². The Labute approximate surface area is 111 Å². The van der Waals surface area contributed by atoms with Crippen LogP contribution in [0.15, 0.2) is 42.5 Å². The van der Waals surface area contributed by atoms with Gasteiger partial charge in [-0.25, -0.2) is 0 Å². The summed E-state index contributed by atoms with van der Waals surface area (Å²) in [6, 6.07) is 11.9. The van der Waals surface area contributed by atoms with Crippen molar-refractivity contribution in [1.29, 1.82) is 0 Å². The average Bonchev–Trinajstić information content (AvgIpc) is 2.41. The monoisotopic (exact) mass is 256 g/mol. The highest BCUT2D eigenvalue weighted by Gasteiger charge is 2.11. The molecule has 98 valence electrons. The number of nitrogens with two attached hydrogens (primary N) is 1. The first-order chi connectivity index (χ1) is 9.11. The van der Waals surface area contributed by atoms with Gasteiger partial charge in [0.15, 0.2) is 0 Å². The molecule has 0 atom stereocenters. The topological polar surface area (TPSA) is 75.3 Å².